The van der Waals surface area contributed by atoms with Crippen molar-refractivity contribution < 1.29 is 35.9 Å². The molecule has 0 saturated carbocycles. The molecule has 2 aromatic carbocycles. The lowest BCUT2D eigenvalue weighted by atomic mass is 10.2. The Kier molecular flexibility index (Phi) is 6.61. The molecule has 0 bridgehead atoms. The number of para-hydroxylation sites is 1. The SMILES string of the molecule is O=C(COC(=O)c1ccccc1NS(=O)(=O)c1cccs1)Nc1ccc(F)c(F)c1F. The van der Waals surface area contributed by atoms with Crippen LogP contribution >= 0.6 is 11.3 Å². The summed E-state index contributed by atoms with van der Waals surface area (Å²) in [6.45, 7) is -0.886. The first-order valence-electron chi connectivity index (χ1n) is 8.45. The normalized spacial score (nSPS) is 11.1. The topological polar surface area (TPSA) is 102 Å². The molecule has 1 amide bonds. The molecule has 0 spiro atoms. The second-order valence-electron chi connectivity index (χ2n) is 5.93. The maximum absolute atomic E-state index is 13.6. The van der Waals surface area contributed by atoms with Crippen LogP contribution in [-0.4, -0.2) is 26.9 Å². The largest absolute Gasteiger partial charge is 0.452 e. The minimum atomic E-state index is -3.94. The van der Waals surface area contributed by atoms with Crippen LogP contribution in [-0.2, 0) is 19.6 Å². The van der Waals surface area contributed by atoms with E-state index >= 15 is 0 Å². The van der Waals surface area contributed by atoms with Crippen molar-refractivity contribution in [1.82, 2.24) is 0 Å². The van der Waals surface area contributed by atoms with Crippen molar-refractivity contribution in [2.75, 3.05) is 16.6 Å². The van der Waals surface area contributed by atoms with E-state index in [4.69, 9.17) is 4.74 Å². The van der Waals surface area contributed by atoms with Gasteiger partial charge >= 0.3 is 5.97 Å². The second kappa shape index (κ2) is 9.18. The second-order valence-corrected chi connectivity index (χ2v) is 8.79. The molecule has 0 unspecified atom stereocenters. The van der Waals surface area contributed by atoms with Gasteiger partial charge in [0.05, 0.1) is 16.9 Å². The van der Waals surface area contributed by atoms with Gasteiger partial charge < -0.3 is 10.1 Å². The number of thiophene rings is 1. The molecule has 162 valence electrons. The van der Waals surface area contributed by atoms with E-state index in [9.17, 15) is 31.2 Å². The van der Waals surface area contributed by atoms with E-state index in [0.29, 0.717) is 6.07 Å². The van der Waals surface area contributed by atoms with Gasteiger partial charge in [0, 0.05) is 0 Å². The molecular formula is C19H13F3N2O5S2. The van der Waals surface area contributed by atoms with Crippen molar-refractivity contribution in [3.05, 3.63) is 76.9 Å². The van der Waals surface area contributed by atoms with Crippen LogP contribution in [0.2, 0.25) is 0 Å². The number of hydrogen-bond acceptors (Lipinski definition) is 6. The zero-order valence-corrected chi connectivity index (χ0v) is 17.0. The van der Waals surface area contributed by atoms with E-state index in [0.717, 1.165) is 17.4 Å². The van der Waals surface area contributed by atoms with Crippen LogP contribution in [0.25, 0.3) is 0 Å². The van der Waals surface area contributed by atoms with Crippen molar-refractivity contribution in [2.24, 2.45) is 0 Å². The van der Waals surface area contributed by atoms with Crippen LogP contribution < -0.4 is 10.0 Å². The first-order valence-corrected chi connectivity index (χ1v) is 10.8. The molecule has 0 aliphatic heterocycles. The molecule has 0 fully saturated rings. The summed E-state index contributed by atoms with van der Waals surface area (Å²) in [4.78, 5) is 24.2. The lowest BCUT2D eigenvalue weighted by Crippen LogP contribution is -2.22. The molecule has 0 saturated heterocycles. The summed E-state index contributed by atoms with van der Waals surface area (Å²) >= 11 is 0.981. The number of carbonyl (C=O) groups excluding carboxylic acids is 2. The van der Waals surface area contributed by atoms with Crippen molar-refractivity contribution in [3.63, 3.8) is 0 Å². The van der Waals surface area contributed by atoms with Gasteiger partial charge in [0.15, 0.2) is 24.1 Å². The highest BCUT2D eigenvalue weighted by Crippen LogP contribution is 2.23. The molecule has 1 heterocycles. The van der Waals surface area contributed by atoms with Crippen molar-refractivity contribution in [3.8, 4) is 0 Å². The molecular weight excluding hydrogens is 457 g/mol. The van der Waals surface area contributed by atoms with Crippen LogP contribution in [0.3, 0.4) is 0 Å². The Balaban J connectivity index is 1.68. The predicted molar refractivity (Wildman–Crippen MR) is 107 cm³/mol. The maximum atomic E-state index is 13.6. The van der Waals surface area contributed by atoms with Crippen LogP contribution in [0.1, 0.15) is 10.4 Å². The Hall–Kier alpha value is -3.38. The van der Waals surface area contributed by atoms with E-state index in [1.54, 1.807) is 11.4 Å². The number of hydrogen-bond donors (Lipinski definition) is 2. The van der Waals surface area contributed by atoms with Crippen LogP contribution in [0.15, 0.2) is 58.1 Å². The molecule has 1 aromatic heterocycles. The Morgan fingerprint density at radius 3 is 2.39 bits per heavy atom. The fourth-order valence-electron chi connectivity index (χ4n) is 2.38. The highest BCUT2D eigenvalue weighted by atomic mass is 32.2. The molecule has 2 N–H and O–H groups in total. The molecule has 0 atom stereocenters. The molecule has 3 rings (SSSR count). The summed E-state index contributed by atoms with van der Waals surface area (Å²) in [5.41, 5.74) is -0.883. The van der Waals surface area contributed by atoms with Gasteiger partial charge in [-0.2, -0.15) is 0 Å². The average Bonchev–Trinajstić information content (AvgIpc) is 3.29. The third-order valence-electron chi connectivity index (χ3n) is 3.79. The quantitative estimate of drug-likeness (QED) is 0.405. The number of halogens is 3. The number of amides is 1. The summed E-state index contributed by atoms with van der Waals surface area (Å²) in [6.07, 6.45) is 0. The van der Waals surface area contributed by atoms with E-state index < -0.39 is 51.6 Å². The predicted octanol–water partition coefficient (Wildman–Crippen LogP) is 3.76. The molecule has 12 heteroatoms. The number of benzene rings is 2. The summed E-state index contributed by atoms with van der Waals surface area (Å²) in [7, 11) is -3.94. The first-order chi connectivity index (χ1) is 14.7. The average molecular weight is 470 g/mol. The fraction of sp³-hybridized carbons (Fsp3) is 0.0526. The van der Waals surface area contributed by atoms with E-state index in [1.165, 1.54) is 30.3 Å². The number of carbonyl (C=O) groups is 2. The standard InChI is InChI=1S/C19H13F3N2O5S2/c20-12-7-8-14(18(22)17(12)21)23-15(25)10-29-19(26)11-4-1-2-5-13(11)24-31(27,28)16-6-3-9-30-16/h1-9,24H,10H2,(H,23,25). The van der Waals surface area contributed by atoms with Crippen LogP contribution in [0.5, 0.6) is 0 Å². The molecule has 0 aliphatic carbocycles. The first kappa shape index (κ1) is 22.3. The van der Waals surface area contributed by atoms with Gasteiger partial charge in [0.1, 0.15) is 4.21 Å². The minimum absolute atomic E-state index is 0.0311. The Morgan fingerprint density at radius 1 is 0.935 bits per heavy atom. The van der Waals surface area contributed by atoms with Gasteiger partial charge in [-0.15, -0.1) is 11.3 Å². The van der Waals surface area contributed by atoms with Crippen LogP contribution in [0.4, 0.5) is 24.5 Å². The lowest BCUT2D eigenvalue weighted by molar-refractivity contribution is -0.119. The monoisotopic (exact) mass is 470 g/mol. The van der Waals surface area contributed by atoms with Gasteiger partial charge in [-0.1, -0.05) is 18.2 Å². The summed E-state index contributed by atoms with van der Waals surface area (Å²) < 4.78 is 71.7. The maximum Gasteiger partial charge on any atom is 0.340 e. The van der Waals surface area contributed by atoms with Gasteiger partial charge in [-0.3, -0.25) is 9.52 Å². The summed E-state index contributed by atoms with van der Waals surface area (Å²) in [5.74, 6) is -6.85. The third kappa shape index (κ3) is 5.22. The third-order valence-corrected chi connectivity index (χ3v) is 6.56. The number of anilines is 2. The Bertz CT molecular complexity index is 1230. The van der Waals surface area contributed by atoms with Gasteiger partial charge in [-0.05, 0) is 35.7 Å². The number of nitrogens with one attached hydrogen (secondary N) is 2. The number of esters is 1. The minimum Gasteiger partial charge on any atom is -0.452 e. The number of rotatable bonds is 7. The fourth-order valence-corrected chi connectivity index (χ4v) is 4.45. The highest BCUT2D eigenvalue weighted by Gasteiger charge is 2.21. The zero-order chi connectivity index (χ0) is 22.6. The molecule has 0 aliphatic rings. The highest BCUT2D eigenvalue weighted by molar-refractivity contribution is 7.94. The molecule has 7 nitrogen and oxygen atoms in total. The van der Waals surface area contributed by atoms with Crippen LogP contribution in [0, 0.1) is 17.5 Å². The molecule has 0 radical (unpaired) electrons. The van der Waals surface area contributed by atoms with Crippen molar-refractivity contribution >= 4 is 44.6 Å². The van der Waals surface area contributed by atoms with Gasteiger partial charge in [0.25, 0.3) is 15.9 Å². The van der Waals surface area contributed by atoms with E-state index in [1.807, 2.05) is 5.32 Å². The number of sulfonamides is 1. The Morgan fingerprint density at radius 2 is 1.68 bits per heavy atom. The molecule has 3 aromatic rings. The van der Waals surface area contributed by atoms with Gasteiger partial charge in [0.2, 0.25) is 0 Å². The number of ether oxygens (including phenoxy) is 1. The summed E-state index contributed by atoms with van der Waals surface area (Å²) in [6, 6.07) is 9.92. The lowest BCUT2D eigenvalue weighted by Gasteiger charge is -2.12. The van der Waals surface area contributed by atoms with Gasteiger partial charge in [-0.25, -0.2) is 26.4 Å². The zero-order valence-electron chi connectivity index (χ0n) is 15.4. The van der Waals surface area contributed by atoms with E-state index in [-0.39, 0.29) is 15.5 Å². The smallest absolute Gasteiger partial charge is 0.340 e. The summed E-state index contributed by atoms with van der Waals surface area (Å²) in [5, 5.41) is 3.52. The Labute approximate surface area is 178 Å². The molecule has 31 heavy (non-hydrogen) atoms. The van der Waals surface area contributed by atoms with E-state index in [2.05, 4.69) is 4.72 Å². The van der Waals surface area contributed by atoms with Crippen molar-refractivity contribution in [2.45, 2.75) is 4.21 Å². The van der Waals surface area contributed by atoms with Crippen molar-refractivity contribution in [1.29, 1.82) is 0 Å².